The van der Waals surface area contributed by atoms with E-state index < -0.39 is 0 Å². The van der Waals surface area contributed by atoms with Gasteiger partial charge in [0.15, 0.2) is 5.82 Å². The highest BCUT2D eigenvalue weighted by Gasteiger charge is 2.14. The van der Waals surface area contributed by atoms with Crippen molar-refractivity contribution >= 4 is 0 Å². The molecule has 0 aliphatic rings. The molecule has 0 fully saturated rings. The number of hydrogen-bond donors (Lipinski definition) is 1. The van der Waals surface area contributed by atoms with Crippen molar-refractivity contribution in [1.29, 1.82) is 0 Å². The minimum atomic E-state index is -0.253. The van der Waals surface area contributed by atoms with Gasteiger partial charge >= 0.3 is 0 Å². The summed E-state index contributed by atoms with van der Waals surface area (Å²) in [5, 5.41) is 7.42. The maximum absolute atomic E-state index is 5.58. The van der Waals surface area contributed by atoms with Crippen LogP contribution < -0.4 is 5.73 Å². The Morgan fingerprint density at radius 2 is 2.14 bits per heavy atom. The second kappa shape index (κ2) is 3.22. The van der Waals surface area contributed by atoms with Gasteiger partial charge in [0.2, 0.25) is 5.76 Å². The third-order valence-electron chi connectivity index (χ3n) is 1.69. The predicted molar refractivity (Wildman–Crippen MR) is 47.1 cm³/mol. The standard InChI is InChI=1S/C8H10N4O2/c1-4-3-6(13-11-4)8-10-7(5(2)9)12-14-8/h3,5H,9H2,1-2H3. The van der Waals surface area contributed by atoms with E-state index in [4.69, 9.17) is 14.8 Å². The molecule has 0 saturated heterocycles. The van der Waals surface area contributed by atoms with Crippen LogP contribution >= 0.6 is 0 Å². The van der Waals surface area contributed by atoms with Crippen LogP contribution in [-0.2, 0) is 0 Å². The summed E-state index contributed by atoms with van der Waals surface area (Å²) in [6.07, 6.45) is 0. The predicted octanol–water partition coefficient (Wildman–Crippen LogP) is 1.05. The molecule has 0 radical (unpaired) electrons. The van der Waals surface area contributed by atoms with Crippen molar-refractivity contribution in [3.63, 3.8) is 0 Å². The highest BCUT2D eigenvalue weighted by Crippen LogP contribution is 2.18. The van der Waals surface area contributed by atoms with E-state index in [0.29, 0.717) is 17.5 Å². The lowest BCUT2D eigenvalue weighted by Gasteiger charge is -1.92. The Morgan fingerprint density at radius 3 is 2.64 bits per heavy atom. The number of rotatable bonds is 2. The summed E-state index contributed by atoms with van der Waals surface area (Å²) in [7, 11) is 0. The lowest BCUT2D eigenvalue weighted by atomic mass is 10.3. The lowest BCUT2D eigenvalue weighted by molar-refractivity contribution is 0.379. The van der Waals surface area contributed by atoms with Crippen molar-refractivity contribution in [1.82, 2.24) is 15.3 Å². The summed E-state index contributed by atoms with van der Waals surface area (Å²) >= 11 is 0. The molecule has 0 spiro atoms. The van der Waals surface area contributed by atoms with Gasteiger partial charge < -0.3 is 14.8 Å². The van der Waals surface area contributed by atoms with E-state index in [2.05, 4.69) is 15.3 Å². The maximum Gasteiger partial charge on any atom is 0.296 e. The van der Waals surface area contributed by atoms with E-state index in [9.17, 15) is 0 Å². The smallest absolute Gasteiger partial charge is 0.296 e. The minimum absolute atomic E-state index is 0.253. The number of aryl methyl sites for hydroxylation is 1. The van der Waals surface area contributed by atoms with Gasteiger partial charge in [-0.25, -0.2) is 0 Å². The molecule has 74 valence electrons. The Balaban J connectivity index is 2.33. The molecule has 2 N–H and O–H groups in total. The Kier molecular flexibility index (Phi) is 2.05. The molecular weight excluding hydrogens is 184 g/mol. The molecule has 14 heavy (non-hydrogen) atoms. The second-order valence-corrected chi connectivity index (χ2v) is 3.08. The zero-order chi connectivity index (χ0) is 10.1. The van der Waals surface area contributed by atoms with E-state index in [1.165, 1.54) is 0 Å². The molecule has 0 amide bonds. The molecule has 2 rings (SSSR count). The lowest BCUT2D eigenvalue weighted by Crippen LogP contribution is -2.06. The summed E-state index contributed by atoms with van der Waals surface area (Å²) < 4.78 is 9.91. The highest BCUT2D eigenvalue weighted by atomic mass is 16.5. The molecule has 2 aromatic heterocycles. The molecule has 0 aliphatic heterocycles. The van der Waals surface area contributed by atoms with Crippen LogP contribution in [0, 0.1) is 6.92 Å². The SMILES string of the molecule is Cc1cc(-c2nc(C(C)N)no2)on1. The van der Waals surface area contributed by atoms with Gasteiger partial charge in [0.05, 0.1) is 11.7 Å². The summed E-state index contributed by atoms with van der Waals surface area (Å²) in [5.41, 5.74) is 6.34. The van der Waals surface area contributed by atoms with Crippen LogP contribution in [-0.4, -0.2) is 15.3 Å². The van der Waals surface area contributed by atoms with Gasteiger partial charge in [-0.1, -0.05) is 10.3 Å². The van der Waals surface area contributed by atoms with Gasteiger partial charge in [0, 0.05) is 6.07 Å². The van der Waals surface area contributed by atoms with Crippen LogP contribution in [0.25, 0.3) is 11.7 Å². The second-order valence-electron chi connectivity index (χ2n) is 3.08. The Labute approximate surface area is 80.1 Å². The van der Waals surface area contributed by atoms with Gasteiger partial charge in [-0.05, 0) is 13.8 Å². The summed E-state index contributed by atoms with van der Waals surface area (Å²) in [6.45, 7) is 3.59. The molecule has 1 atom stereocenters. The Bertz CT molecular complexity index is 432. The van der Waals surface area contributed by atoms with Crippen LogP contribution in [0.5, 0.6) is 0 Å². The minimum Gasteiger partial charge on any atom is -0.351 e. The van der Waals surface area contributed by atoms with Crippen molar-refractivity contribution in [3.8, 4) is 11.7 Å². The summed E-state index contributed by atoms with van der Waals surface area (Å²) in [5.74, 6) is 1.22. The third kappa shape index (κ3) is 1.51. The molecule has 2 aromatic rings. The molecule has 2 heterocycles. The first-order valence-corrected chi connectivity index (χ1v) is 4.19. The molecule has 6 nitrogen and oxygen atoms in total. The molecule has 0 bridgehead atoms. The number of nitrogens with two attached hydrogens (primary N) is 1. The molecular formula is C8H10N4O2. The van der Waals surface area contributed by atoms with E-state index >= 15 is 0 Å². The first kappa shape index (κ1) is 8.89. The van der Waals surface area contributed by atoms with Gasteiger partial charge in [0.1, 0.15) is 0 Å². The van der Waals surface area contributed by atoms with Crippen molar-refractivity contribution in [2.24, 2.45) is 5.73 Å². The van der Waals surface area contributed by atoms with Crippen LogP contribution in [0.15, 0.2) is 15.1 Å². The van der Waals surface area contributed by atoms with Crippen molar-refractivity contribution in [3.05, 3.63) is 17.6 Å². The number of aromatic nitrogens is 3. The number of hydrogen-bond acceptors (Lipinski definition) is 6. The molecule has 0 aliphatic carbocycles. The monoisotopic (exact) mass is 194 g/mol. The zero-order valence-corrected chi connectivity index (χ0v) is 7.89. The Morgan fingerprint density at radius 1 is 1.36 bits per heavy atom. The van der Waals surface area contributed by atoms with Crippen LogP contribution in [0.2, 0.25) is 0 Å². The molecule has 0 aromatic carbocycles. The molecule has 1 unspecified atom stereocenters. The molecule has 6 heteroatoms. The van der Waals surface area contributed by atoms with E-state index in [0.717, 1.165) is 5.69 Å². The quantitative estimate of drug-likeness (QED) is 0.768. The van der Waals surface area contributed by atoms with Crippen molar-refractivity contribution < 1.29 is 9.05 Å². The third-order valence-corrected chi connectivity index (χ3v) is 1.69. The first-order valence-electron chi connectivity index (χ1n) is 4.19. The van der Waals surface area contributed by atoms with Crippen molar-refractivity contribution in [2.45, 2.75) is 19.9 Å². The van der Waals surface area contributed by atoms with Crippen LogP contribution in [0.3, 0.4) is 0 Å². The highest BCUT2D eigenvalue weighted by molar-refractivity contribution is 5.43. The summed E-state index contributed by atoms with van der Waals surface area (Å²) in [4.78, 5) is 4.06. The first-order chi connectivity index (χ1) is 6.66. The normalized spacial score (nSPS) is 13.1. The maximum atomic E-state index is 5.58. The van der Waals surface area contributed by atoms with E-state index in [1.54, 1.807) is 13.0 Å². The fourth-order valence-corrected chi connectivity index (χ4v) is 0.984. The Hall–Kier alpha value is -1.69. The average Bonchev–Trinajstić information content (AvgIpc) is 2.70. The fourth-order valence-electron chi connectivity index (χ4n) is 0.984. The van der Waals surface area contributed by atoms with E-state index in [-0.39, 0.29) is 6.04 Å². The van der Waals surface area contributed by atoms with E-state index in [1.807, 2.05) is 6.92 Å². The average molecular weight is 194 g/mol. The van der Waals surface area contributed by atoms with Gasteiger partial charge in [-0.15, -0.1) is 0 Å². The topological polar surface area (TPSA) is 91.0 Å². The van der Waals surface area contributed by atoms with Gasteiger partial charge in [-0.3, -0.25) is 0 Å². The zero-order valence-electron chi connectivity index (χ0n) is 7.89. The van der Waals surface area contributed by atoms with Crippen LogP contribution in [0.1, 0.15) is 24.5 Å². The number of nitrogens with zero attached hydrogens (tertiary/aromatic N) is 3. The fraction of sp³-hybridized carbons (Fsp3) is 0.375. The molecule has 0 saturated carbocycles. The largest absolute Gasteiger partial charge is 0.351 e. The summed E-state index contributed by atoms with van der Waals surface area (Å²) in [6, 6.07) is 1.47. The van der Waals surface area contributed by atoms with Crippen LogP contribution in [0.4, 0.5) is 0 Å². The van der Waals surface area contributed by atoms with Gasteiger partial charge in [-0.2, -0.15) is 4.98 Å². The van der Waals surface area contributed by atoms with Crippen molar-refractivity contribution in [2.75, 3.05) is 0 Å². The van der Waals surface area contributed by atoms with Gasteiger partial charge in [0.25, 0.3) is 5.89 Å².